The van der Waals surface area contributed by atoms with Gasteiger partial charge in [0.1, 0.15) is 0 Å². The summed E-state index contributed by atoms with van der Waals surface area (Å²) in [6.45, 7) is 11.0. The number of hydrogen-bond acceptors (Lipinski definition) is 2. The molecule has 21 heavy (non-hydrogen) atoms. The van der Waals surface area contributed by atoms with Crippen molar-refractivity contribution in [1.29, 1.82) is 0 Å². The molecule has 0 radical (unpaired) electrons. The average molecular weight is 288 g/mol. The molecule has 0 heterocycles. The fraction of sp³-hybridized carbons (Fsp3) is 0.684. The summed E-state index contributed by atoms with van der Waals surface area (Å²) in [5, 5.41) is 3.55. The average Bonchev–Trinajstić information content (AvgIpc) is 2.47. The van der Waals surface area contributed by atoms with Gasteiger partial charge in [0.05, 0.1) is 0 Å². The minimum Gasteiger partial charge on any atom is -0.369 e. The molecule has 0 spiro atoms. The number of hydrogen-bond donors (Lipinski definition) is 1. The quantitative estimate of drug-likeness (QED) is 0.842. The zero-order valence-electron chi connectivity index (χ0n) is 14.3. The molecule has 1 aromatic carbocycles. The van der Waals surface area contributed by atoms with Crippen LogP contribution in [0.1, 0.15) is 65.4 Å². The standard InChI is InChI=1S/C19H32N2/c1-5-21(17-9-7-6-8-10-17)18-13-11-16(12-14-18)15-20-19(2,3)4/h11-14,17,20H,5-10,15H2,1-4H3. The van der Waals surface area contributed by atoms with Crippen molar-refractivity contribution < 1.29 is 0 Å². The molecule has 1 fully saturated rings. The molecule has 0 atom stereocenters. The molecule has 118 valence electrons. The first-order valence-corrected chi connectivity index (χ1v) is 8.60. The van der Waals surface area contributed by atoms with E-state index in [1.807, 2.05) is 0 Å². The molecule has 1 aromatic rings. The van der Waals surface area contributed by atoms with Crippen LogP contribution < -0.4 is 10.2 Å². The summed E-state index contributed by atoms with van der Waals surface area (Å²) in [7, 11) is 0. The van der Waals surface area contributed by atoms with Crippen LogP contribution in [0.2, 0.25) is 0 Å². The lowest BCUT2D eigenvalue weighted by Crippen LogP contribution is -2.36. The van der Waals surface area contributed by atoms with Gasteiger partial charge in [-0.05, 0) is 58.2 Å². The van der Waals surface area contributed by atoms with Crippen molar-refractivity contribution in [1.82, 2.24) is 5.32 Å². The summed E-state index contributed by atoms with van der Waals surface area (Å²) < 4.78 is 0. The van der Waals surface area contributed by atoms with E-state index in [2.05, 4.69) is 62.2 Å². The van der Waals surface area contributed by atoms with Crippen LogP contribution in [0.3, 0.4) is 0 Å². The molecule has 0 aliphatic heterocycles. The first-order chi connectivity index (χ1) is 9.99. The Balaban J connectivity index is 1.99. The van der Waals surface area contributed by atoms with Gasteiger partial charge in [-0.15, -0.1) is 0 Å². The van der Waals surface area contributed by atoms with E-state index in [-0.39, 0.29) is 5.54 Å². The first kappa shape index (κ1) is 16.4. The molecule has 1 saturated carbocycles. The van der Waals surface area contributed by atoms with Gasteiger partial charge >= 0.3 is 0 Å². The van der Waals surface area contributed by atoms with Crippen LogP contribution in [0.5, 0.6) is 0 Å². The molecule has 2 heteroatoms. The second-order valence-corrected chi connectivity index (χ2v) is 7.35. The van der Waals surface area contributed by atoms with E-state index in [0.717, 1.165) is 19.1 Å². The fourth-order valence-electron chi connectivity index (χ4n) is 3.22. The summed E-state index contributed by atoms with van der Waals surface area (Å²) in [5.74, 6) is 0. The molecule has 1 N–H and O–H groups in total. The van der Waals surface area contributed by atoms with E-state index in [1.165, 1.54) is 43.4 Å². The highest BCUT2D eigenvalue weighted by molar-refractivity contribution is 5.48. The Morgan fingerprint density at radius 3 is 2.19 bits per heavy atom. The Bertz CT molecular complexity index is 410. The largest absolute Gasteiger partial charge is 0.369 e. The van der Waals surface area contributed by atoms with Crippen molar-refractivity contribution in [2.45, 2.75) is 77.9 Å². The third-order valence-electron chi connectivity index (χ3n) is 4.45. The van der Waals surface area contributed by atoms with Gasteiger partial charge in [0.15, 0.2) is 0 Å². The van der Waals surface area contributed by atoms with Crippen molar-refractivity contribution in [3.8, 4) is 0 Å². The van der Waals surface area contributed by atoms with E-state index in [1.54, 1.807) is 0 Å². The third-order valence-corrected chi connectivity index (χ3v) is 4.45. The van der Waals surface area contributed by atoms with Gasteiger partial charge in [-0.1, -0.05) is 31.4 Å². The summed E-state index contributed by atoms with van der Waals surface area (Å²) >= 11 is 0. The molecule has 0 amide bonds. The molecular weight excluding hydrogens is 256 g/mol. The van der Waals surface area contributed by atoms with Crippen LogP contribution in [0.25, 0.3) is 0 Å². The van der Waals surface area contributed by atoms with Gasteiger partial charge in [0.25, 0.3) is 0 Å². The molecule has 1 aliphatic rings. The lowest BCUT2D eigenvalue weighted by molar-refractivity contribution is 0.418. The van der Waals surface area contributed by atoms with Gasteiger partial charge in [-0.2, -0.15) is 0 Å². The Kier molecular flexibility index (Phi) is 5.69. The number of nitrogens with zero attached hydrogens (tertiary/aromatic N) is 1. The second-order valence-electron chi connectivity index (χ2n) is 7.35. The first-order valence-electron chi connectivity index (χ1n) is 8.60. The minimum absolute atomic E-state index is 0.177. The van der Waals surface area contributed by atoms with Gasteiger partial charge in [0, 0.05) is 30.4 Å². The highest BCUT2D eigenvalue weighted by Crippen LogP contribution is 2.27. The van der Waals surface area contributed by atoms with E-state index in [9.17, 15) is 0 Å². The van der Waals surface area contributed by atoms with Crippen LogP contribution in [0.4, 0.5) is 5.69 Å². The molecule has 2 rings (SSSR count). The normalized spacial score (nSPS) is 17.0. The van der Waals surface area contributed by atoms with E-state index < -0.39 is 0 Å². The molecular formula is C19H32N2. The summed E-state index contributed by atoms with van der Waals surface area (Å²) in [5.41, 5.74) is 2.94. The van der Waals surface area contributed by atoms with Gasteiger partial charge in [0.2, 0.25) is 0 Å². The summed E-state index contributed by atoms with van der Waals surface area (Å²) in [4.78, 5) is 2.60. The Labute approximate surface area is 130 Å². The Hall–Kier alpha value is -1.02. The Morgan fingerprint density at radius 2 is 1.67 bits per heavy atom. The van der Waals surface area contributed by atoms with Gasteiger partial charge in [-0.25, -0.2) is 0 Å². The van der Waals surface area contributed by atoms with Gasteiger partial charge in [-0.3, -0.25) is 0 Å². The summed E-state index contributed by atoms with van der Waals surface area (Å²) in [6.07, 6.45) is 6.94. The molecule has 0 bridgehead atoms. The molecule has 0 aromatic heterocycles. The lowest BCUT2D eigenvalue weighted by Gasteiger charge is -2.35. The maximum Gasteiger partial charge on any atom is 0.0368 e. The lowest BCUT2D eigenvalue weighted by atomic mass is 9.93. The SMILES string of the molecule is CCN(c1ccc(CNC(C)(C)C)cc1)C1CCCCC1. The highest BCUT2D eigenvalue weighted by atomic mass is 15.2. The van der Waals surface area contributed by atoms with E-state index in [4.69, 9.17) is 0 Å². The third kappa shape index (κ3) is 5.03. The molecule has 2 nitrogen and oxygen atoms in total. The molecule has 0 saturated heterocycles. The number of benzene rings is 1. The van der Waals surface area contributed by atoms with Crippen molar-refractivity contribution >= 4 is 5.69 Å². The maximum atomic E-state index is 3.55. The number of nitrogens with one attached hydrogen (secondary N) is 1. The predicted octanol–water partition coefficient (Wildman–Crippen LogP) is 4.73. The summed E-state index contributed by atoms with van der Waals surface area (Å²) in [6, 6.07) is 9.91. The van der Waals surface area contributed by atoms with Crippen LogP contribution in [0.15, 0.2) is 24.3 Å². The fourth-order valence-corrected chi connectivity index (χ4v) is 3.22. The van der Waals surface area contributed by atoms with E-state index in [0.29, 0.717) is 0 Å². The molecule has 0 unspecified atom stereocenters. The van der Waals surface area contributed by atoms with Crippen molar-refractivity contribution in [3.63, 3.8) is 0 Å². The van der Waals surface area contributed by atoms with Crippen molar-refractivity contribution in [3.05, 3.63) is 29.8 Å². The molecule has 1 aliphatic carbocycles. The zero-order chi connectivity index (χ0) is 15.3. The van der Waals surface area contributed by atoms with Crippen molar-refractivity contribution in [2.24, 2.45) is 0 Å². The van der Waals surface area contributed by atoms with Crippen LogP contribution in [-0.4, -0.2) is 18.1 Å². The van der Waals surface area contributed by atoms with Crippen LogP contribution >= 0.6 is 0 Å². The number of rotatable bonds is 5. The zero-order valence-corrected chi connectivity index (χ0v) is 14.3. The maximum absolute atomic E-state index is 3.55. The van der Waals surface area contributed by atoms with Crippen LogP contribution in [-0.2, 0) is 6.54 Å². The predicted molar refractivity (Wildman–Crippen MR) is 92.9 cm³/mol. The van der Waals surface area contributed by atoms with Crippen molar-refractivity contribution in [2.75, 3.05) is 11.4 Å². The number of anilines is 1. The van der Waals surface area contributed by atoms with E-state index >= 15 is 0 Å². The Morgan fingerprint density at radius 1 is 1.05 bits per heavy atom. The van der Waals surface area contributed by atoms with Crippen LogP contribution in [0, 0.1) is 0 Å². The monoisotopic (exact) mass is 288 g/mol. The van der Waals surface area contributed by atoms with Gasteiger partial charge < -0.3 is 10.2 Å². The smallest absolute Gasteiger partial charge is 0.0368 e. The second kappa shape index (κ2) is 7.31. The highest BCUT2D eigenvalue weighted by Gasteiger charge is 2.20. The topological polar surface area (TPSA) is 15.3 Å². The minimum atomic E-state index is 0.177.